The molecule has 0 atom stereocenters. The topological polar surface area (TPSA) is 67.9 Å². The molecule has 0 fully saturated rings. The van der Waals surface area contributed by atoms with Crippen molar-refractivity contribution in [2.75, 3.05) is 32.2 Å². The zero-order chi connectivity index (χ0) is 24.2. The van der Waals surface area contributed by atoms with Gasteiger partial charge in [-0.1, -0.05) is 32.0 Å². The molecule has 1 N–H and O–H groups in total. The van der Waals surface area contributed by atoms with Crippen LogP contribution in [0, 0.1) is 5.92 Å². The summed E-state index contributed by atoms with van der Waals surface area (Å²) in [5.41, 5.74) is -0.395. The molecule has 1 aliphatic heterocycles. The lowest BCUT2D eigenvalue weighted by atomic mass is 10.0. The van der Waals surface area contributed by atoms with Gasteiger partial charge in [0.05, 0.1) is 30.9 Å². The van der Waals surface area contributed by atoms with Crippen molar-refractivity contribution in [2.24, 2.45) is 5.92 Å². The van der Waals surface area contributed by atoms with Gasteiger partial charge in [-0.2, -0.15) is 13.2 Å². The van der Waals surface area contributed by atoms with E-state index >= 15 is 0 Å². The Labute approximate surface area is 190 Å². The number of halogens is 3. The quantitative estimate of drug-likeness (QED) is 0.553. The minimum atomic E-state index is -4.54. The van der Waals surface area contributed by atoms with E-state index in [1.807, 2.05) is 13.8 Å². The van der Waals surface area contributed by atoms with Crippen LogP contribution in [0.2, 0.25) is 0 Å². The van der Waals surface area contributed by atoms with Crippen LogP contribution in [0.5, 0.6) is 5.75 Å². The van der Waals surface area contributed by atoms with Gasteiger partial charge in [0.2, 0.25) is 0 Å². The predicted octanol–water partition coefficient (Wildman–Crippen LogP) is 4.58. The Bertz CT molecular complexity index is 1050. The second kappa shape index (κ2) is 10.1. The number of amides is 2. The second-order valence-electron chi connectivity index (χ2n) is 7.94. The minimum Gasteiger partial charge on any atom is -0.493 e. The fourth-order valence-corrected chi connectivity index (χ4v) is 3.24. The SMILES string of the molecule is COCCN1C(=O)C(Nc2cccc(C(F)(F)F)c2)=C(c2ccc(OCC(C)C)cc2)C1=O. The number of anilines is 1. The Hall–Kier alpha value is -3.33. The number of alkyl halides is 3. The van der Waals surface area contributed by atoms with Gasteiger partial charge in [-0.05, 0) is 41.8 Å². The van der Waals surface area contributed by atoms with E-state index in [0.29, 0.717) is 23.8 Å². The zero-order valence-corrected chi connectivity index (χ0v) is 18.5. The summed E-state index contributed by atoms with van der Waals surface area (Å²) >= 11 is 0. The number of nitrogens with zero attached hydrogens (tertiary/aromatic N) is 1. The smallest absolute Gasteiger partial charge is 0.416 e. The van der Waals surface area contributed by atoms with E-state index in [-0.39, 0.29) is 30.1 Å². The molecule has 1 heterocycles. The van der Waals surface area contributed by atoms with Crippen LogP contribution in [0.15, 0.2) is 54.2 Å². The van der Waals surface area contributed by atoms with Crippen LogP contribution in [-0.2, 0) is 20.5 Å². The van der Waals surface area contributed by atoms with Gasteiger partial charge < -0.3 is 14.8 Å². The third-order valence-corrected chi connectivity index (χ3v) is 4.87. The van der Waals surface area contributed by atoms with Gasteiger partial charge in [-0.25, -0.2) is 0 Å². The van der Waals surface area contributed by atoms with Crippen LogP contribution in [0.25, 0.3) is 5.57 Å². The van der Waals surface area contributed by atoms with Crippen LogP contribution in [0.4, 0.5) is 18.9 Å². The van der Waals surface area contributed by atoms with Crippen molar-refractivity contribution >= 4 is 23.1 Å². The average Bonchev–Trinajstić information content (AvgIpc) is 3.00. The Kier molecular flexibility index (Phi) is 7.43. The first kappa shape index (κ1) is 24.3. The number of carbonyl (C=O) groups excluding carboxylic acids is 2. The van der Waals surface area contributed by atoms with Crippen LogP contribution < -0.4 is 10.1 Å². The maximum absolute atomic E-state index is 13.1. The first-order valence-electron chi connectivity index (χ1n) is 10.4. The molecule has 6 nitrogen and oxygen atoms in total. The van der Waals surface area contributed by atoms with Gasteiger partial charge in [-0.15, -0.1) is 0 Å². The molecule has 176 valence electrons. The van der Waals surface area contributed by atoms with Crippen molar-refractivity contribution in [2.45, 2.75) is 20.0 Å². The summed E-state index contributed by atoms with van der Waals surface area (Å²) in [5, 5.41) is 2.74. The summed E-state index contributed by atoms with van der Waals surface area (Å²) in [6, 6.07) is 11.1. The molecule has 0 saturated carbocycles. The van der Waals surface area contributed by atoms with Crippen LogP contribution in [0.1, 0.15) is 25.0 Å². The molecule has 33 heavy (non-hydrogen) atoms. The number of nitrogens with one attached hydrogen (secondary N) is 1. The highest BCUT2D eigenvalue weighted by Gasteiger charge is 2.39. The maximum atomic E-state index is 13.1. The highest BCUT2D eigenvalue weighted by molar-refractivity contribution is 6.36. The summed E-state index contributed by atoms with van der Waals surface area (Å²) in [4.78, 5) is 27.1. The fraction of sp³-hybridized carbons (Fsp3) is 0.333. The Morgan fingerprint density at radius 2 is 1.73 bits per heavy atom. The summed E-state index contributed by atoms with van der Waals surface area (Å²) < 4.78 is 50.0. The van der Waals surface area contributed by atoms with Crippen molar-refractivity contribution in [3.63, 3.8) is 0 Å². The molecule has 0 aromatic heterocycles. The monoisotopic (exact) mass is 462 g/mol. The summed E-state index contributed by atoms with van der Waals surface area (Å²) in [6.07, 6.45) is -4.54. The van der Waals surface area contributed by atoms with Crippen LogP contribution >= 0.6 is 0 Å². The van der Waals surface area contributed by atoms with Gasteiger partial charge in [0.15, 0.2) is 0 Å². The largest absolute Gasteiger partial charge is 0.493 e. The second-order valence-corrected chi connectivity index (χ2v) is 7.94. The number of imide groups is 1. The third-order valence-electron chi connectivity index (χ3n) is 4.87. The zero-order valence-electron chi connectivity index (χ0n) is 18.5. The lowest BCUT2D eigenvalue weighted by Gasteiger charge is -2.15. The van der Waals surface area contributed by atoms with Crippen LogP contribution in [0.3, 0.4) is 0 Å². The molecule has 1 aliphatic rings. The highest BCUT2D eigenvalue weighted by atomic mass is 19.4. The Morgan fingerprint density at radius 3 is 2.33 bits per heavy atom. The van der Waals surface area contributed by atoms with E-state index in [0.717, 1.165) is 17.0 Å². The molecule has 3 rings (SSSR count). The summed E-state index contributed by atoms with van der Waals surface area (Å²) in [5.74, 6) is -0.251. The maximum Gasteiger partial charge on any atom is 0.416 e. The van der Waals surface area contributed by atoms with E-state index < -0.39 is 23.6 Å². The fourth-order valence-electron chi connectivity index (χ4n) is 3.24. The molecular weight excluding hydrogens is 437 g/mol. The van der Waals surface area contributed by atoms with Gasteiger partial charge in [-0.3, -0.25) is 14.5 Å². The van der Waals surface area contributed by atoms with Gasteiger partial charge >= 0.3 is 6.18 Å². The van der Waals surface area contributed by atoms with Crippen molar-refractivity contribution in [1.29, 1.82) is 0 Å². The van der Waals surface area contributed by atoms with Gasteiger partial charge in [0.25, 0.3) is 11.8 Å². The normalized spacial score (nSPS) is 14.5. The first-order chi connectivity index (χ1) is 15.6. The number of benzene rings is 2. The van der Waals surface area contributed by atoms with E-state index in [1.165, 1.54) is 19.2 Å². The Balaban J connectivity index is 1.98. The van der Waals surface area contributed by atoms with E-state index in [4.69, 9.17) is 9.47 Å². The molecule has 2 amide bonds. The number of rotatable bonds is 9. The molecule has 0 saturated heterocycles. The first-order valence-corrected chi connectivity index (χ1v) is 10.4. The van der Waals surface area contributed by atoms with Crippen LogP contribution in [-0.4, -0.2) is 43.6 Å². The van der Waals surface area contributed by atoms with E-state index in [1.54, 1.807) is 24.3 Å². The highest BCUT2D eigenvalue weighted by Crippen LogP contribution is 2.34. The Morgan fingerprint density at radius 1 is 1.03 bits per heavy atom. The lowest BCUT2D eigenvalue weighted by Crippen LogP contribution is -2.35. The van der Waals surface area contributed by atoms with Crippen molar-refractivity contribution in [3.05, 3.63) is 65.4 Å². The molecule has 2 aromatic rings. The van der Waals surface area contributed by atoms with Crippen molar-refractivity contribution in [3.8, 4) is 5.75 Å². The molecule has 0 spiro atoms. The molecular formula is C24H25F3N2O4. The van der Waals surface area contributed by atoms with Gasteiger partial charge in [0.1, 0.15) is 11.4 Å². The third kappa shape index (κ3) is 5.73. The van der Waals surface area contributed by atoms with Crippen molar-refractivity contribution < 1.29 is 32.2 Å². The van der Waals surface area contributed by atoms with E-state index in [2.05, 4.69) is 5.32 Å². The molecule has 9 heteroatoms. The average molecular weight is 462 g/mol. The molecule has 2 aromatic carbocycles. The van der Waals surface area contributed by atoms with E-state index in [9.17, 15) is 22.8 Å². The predicted molar refractivity (Wildman–Crippen MR) is 117 cm³/mol. The summed E-state index contributed by atoms with van der Waals surface area (Å²) in [7, 11) is 1.44. The van der Waals surface area contributed by atoms with Crippen molar-refractivity contribution in [1.82, 2.24) is 4.90 Å². The number of ether oxygens (including phenoxy) is 2. The minimum absolute atomic E-state index is 0.0149. The number of hydrogen-bond donors (Lipinski definition) is 1. The molecule has 0 radical (unpaired) electrons. The summed E-state index contributed by atoms with van der Waals surface area (Å²) in [6.45, 7) is 4.70. The number of hydrogen-bond acceptors (Lipinski definition) is 5. The molecule has 0 bridgehead atoms. The van der Waals surface area contributed by atoms with Gasteiger partial charge in [0, 0.05) is 12.8 Å². The molecule has 0 unspecified atom stereocenters. The molecule has 0 aliphatic carbocycles. The lowest BCUT2D eigenvalue weighted by molar-refractivity contribution is -0.138. The number of carbonyl (C=O) groups is 2. The number of methoxy groups -OCH3 is 1. The standard InChI is InChI=1S/C24H25F3N2O4/c1-15(2)14-33-19-9-7-16(8-10-19)20-21(23(31)29(22(20)30)11-12-32-3)28-18-6-4-5-17(13-18)24(25,26)27/h4-10,13,15,28H,11-12,14H2,1-3H3.